The van der Waals surface area contributed by atoms with Gasteiger partial charge in [0.1, 0.15) is 17.5 Å². The van der Waals surface area contributed by atoms with Gasteiger partial charge in [0.2, 0.25) is 0 Å². The Morgan fingerprint density at radius 2 is 1.97 bits per heavy atom. The molecule has 0 spiro atoms. The highest BCUT2D eigenvalue weighted by Crippen LogP contribution is 2.38. The van der Waals surface area contributed by atoms with Gasteiger partial charge in [-0.1, -0.05) is 0 Å². The molecule has 3 N–H and O–H groups in total. The first-order valence-corrected chi connectivity index (χ1v) is 11.1. The zero-order chi connectivity index (χ0) is 25.3. The standard InChI is InChI=1S/C24H26F4N4O3/c1-12(16-6-15(29)7-18(22(16)25)24(26,27)28)30-23-17-8-21(35-11-14-4-5-34-10-14)20(33-3)9-19(17)31-13(2)32-23/h6-9,12,14H,4-5,10-11,29H2,1-3H3,(H,30,31,32)/t12-,14-/m1/s1. The molecule has 1 aliphatic heterocycles. The fourth-order valence-corrected chi connectivity index (χ4v) is 4.03. The summed E-state index contributed by atoms with van der Waals surface area (Å²) >= 11 is 0. The average Bonchev–Trinajstić information content (AvgIpc) is 3.31. The third-order valence-electron chi connectivity index (χ3n) is 5.84. The Bertz CT molecular complexity index is 1230. The summed E-state index contributed by atoms with van der Waals surface area (Å²) in [4.78, 5) is 8.84. The van der Waals surface area contributed by atoms with Crippen LogP contribution in [0.3, 0.4) is 0 Å². The molecule has 0 saturated carbocycles. The molecule has 7 nitrogen and oxygen atoms in total. The van der Waals surface area contributed by atoms with Gasteiger partial charge in [0.05, 0.1) is 37.4 Å². The van der Waals surface area contributed by atoms with Crippen LogP contribution in [0.5, 0.6) is 11.5 Å². The summed E-state index contributed by atoms with van der Waals surface area (Å²) in [7, 11) is 1.52. The lowest BCUT2D eigenvalue weighted by Crippen LogP contribution is -2.16. The summed E-state index contributed by atoms with van der Waals surface area (Å²) < 4.78 is 71.5. The fourth-order valence-electron chi connectivity index (χ4n) is 4.03. The van der Waals surface area contributed by atoms with Crippen molar-refractivity contribution in [2.24, 2.45) is 5.92 Å². The van der Waals surface area contributed by atoms with E-state index < -0.39 is 23.6 Å². The first kappa shape index (κ1) is 24.8. The molecule has 4 rings (SSSR count). The zero-order valence-electron chi connectivity index (χ0n) is 19.5. The highest BCUT2D eigenvalue weighted by atomic mass is 19.4. The van der Waals surface area contributed by atoms with Crippen molar-refractivity contribution in [3.8, 4) is 11.5 Å². The number of hydrogen-bond acceptors (Lipinski definition) is 7. The van der Waals surface area contributed by atoms with E-state index in [9.17, 15) is 17.6 Å². The molecule has 188 valence electrons. The van der Waals surface area contributed by atoms with Gasteiger partial charge >= 0.3 is 6.18 Å². The molecule has 1 fully saturated rings. The van der Waals surface area contributed by atoms with Gasteiger partial charge in [-0.05, 0) is 38.5 Å². The van der Waals surface area contributed by atoms with Crippen LogP contribution in [0, 0.1) is 18.7 Å². The summed E-state index contributed by atoms with van der Waals surface area (Å²) in [5.41, 5.74) is 4.34. The number of rotatable bonds is 7. The molecule has 1 saturated heterocycles. The Labute approximate surface area is 199 Å². The van der Waals surface area contributed by atoms with E-state index in [0.717, 1.165) is 6.42 Å². The van der Waals surface area contributed by atoms with Gasteiger partial charge in [0, 0.05) is 35.2 Å². The van der Waals surface area contributed by atoms with Crippen molar-refractivity contribution in [3.63, 3.8) is 0 Å². The molecule has 1 aromatic heterocycles. The number of hydrogen-bond donors (Lipinski definition) is 2. The van der Waals surface area contributed by atoms with Crippen molar-refractivity contribution in [2.45, 2.75) is 32.5 Å². The molecule has 0 aliphatic carbocycles. The summed E-state index contributed by atoms with van der Waals surface area (Å²) in [6, 6.07) is 4.28. The highest BCUT2D eigenvalue weighted by Gasteiger charge is 2.36. The van der Waals surface area contributed by atoms with E-state index in [1.165, 1.54) is 20.1 Å². The Morgan fingerprint density at radius 3 is 2.63 bits per heavy atom. The normalized spacial score (nSPS) is 16.9. The second kappa shape index (κ2) is 9.73. The second-order valence-corrected chi connectivity index (χ2v) is 8.52. The van der Waals surface area contributed by atoms with Crippen molar-refractivity contribution >= 4 is 22.4 Å². The first-order chi connectivity index (χ1) is 16.6. The molecule has 0 bridgehead atoms. The van der Waals surface area contributed by atoms with Crippen LogP contribution in [0.2, 0.25) is 0 Å². The topological polar surface area (TPSA) is 91.5 Å². The number of alkyl halides is 3. The van der Waals surface area contributed by atoms with Crippen molar-refractivity contribution in [3.05, 3.63) is 47.0 Å². The van der Waals surface area contributed by atoms with E-state index >= 15 is 0 Å². The largest absolute Gasteiger partial charge is 0.493 e. The average molecular weight is 494 g/mol. The Balaban J connectivity index is 1.70. The summed E-state index contributed by atoms with van der Waals surface area (Å²) in [5.74, 6) is 0.541. The SMILES string of the molecule is COc1cc2nc(C)nc(N[C@H](C)c3cc(N)cc(C(F)(F)F)c3F)c2cc1OC[C@@H]1CCOC1. The van der Waals surface area contributed by atoms with Crippen LogP contribution in [0.1, 0.15) is 36.3 Å². The molecule has 0 amide bonds. The van der Waals surface area contributed by atoms with Crippen molar-refractivity contribution < 1.29 is 31.8 Å². The van der Waals surface area contributed by atoms with Crippen LogP contribution in [0.25, 0.3) is 10.9 Å². The summed E-state index contributed by atoms with van der Waals surface area (Å²) in [5, 5.41) is 3.56. The lowest BCUT2D eigenvalue weighted by molar-refractivity contribution is -0.140. The van der Waals surface area contributed by atoms with Crippen molar-refractivity contribution in [1.29, 1.82) is 0 Å². The van der Waals surface area contributed by atoms with E-state index in [1.54, 1.807) is 19.1 Å². The van der Waals surface area contributed by atoms with Gasteiger partial charge < -0.3 is 25.3 Å². The molecule has 2 aromatic carbocycles. The molecule has 0 unspecified atom stereocenters. The molecular weight excluding hydrogens is 468 g/mol. The van der Waals surface area contributed by atoms with Gasteiger partial charge in [-0.25, -0.2) is 14.4 Å². The minimum Gasteiger partial charge on any atom is -0.493 e. The predicted molar refractivity (Wildman–Crippen MR) is 123 cm³/mol. The third kappa shape index (κ3) is 5.34. The number of methoxy groups -OCH3 is 1. The number of nitrogens with two attached hydrogens (primary N) is 1. The van der Waals surface area contributed by atoms with E-state index in [2.05, 4.69) is 15.3 Å². The van der Waals surface area contributed by atoms with Crippen LogP contribution >= 0.6 is 0 Å². The number of aryl methyl sites for hydroxylation is 1. The lowest BCUT2D eigenvalue weighted by atomic mass is 10.0. The number of nitrogens with one attached hydrogen (secondary N) is 1. The zero-order valence-corrected chi connectivity index (χ0v) is 19.5. The number of nitrogen functional groups attached to an aromatic ring is 1. The summed E-state index contributed by atoms with van der Waals surface area (Å²) in [6.07, 6.45) is -3.98. The Hall–Kier alpha value is -3.34. The molecule has 2 atom stereocenters. The number of halogens is 4. The van der Waals surface area contributed by atoms with Gasteiger partial charge in [-0.2, -0.15) is 13.2 Å². The Morgan fingerprint density at radius 1 is 1.20 bits per heavy atom. The third-order valence-corrected chi connectivity index (χ3v) is 5.84. The number of ether oxygens (including phenoxy) is 3. The van der Waals surface area contributed by atoms with E-state index in [1.807, 2.05) is 0 Å². The minimum absolute atomic E-state index is 0.192. The smallest absolute Gasteiger partial charge is 0.419 e. The van der Waals surface area contributed by atoms with E-state index in [4.69, 9.17) is 19.9 Å². The number of benzene rings is 2. The molecule has 35 heavy (non-hydrogen) atoms. The maximum absolute atomic E-state index is 14.8. The fraction of sp³-hybridized carbons (Fsp3) is 0.417. The lowest BCUT2D eigenvalue weighted by Gasteiger charge is -2.21. The van der Waals surface area contributed by atoms with Crippen LogP contribution in [0.4, 0.5) is 29.1 Å². The van der Waals surface area contributed by atoms with Crippen LogP contribution in [0.15, 0.2) is 24.3 Å². The van der Waals surface area contributed by atoms with Gasteiger partial charge in [0.25, 0.3) is 0 Å². The van der Waals surface area contributed by atoms with E-state index in [-0.39, 0.29) is 17.2 Å². The Kier molecular flexibility index (Phi) is 6.88. The highest BCUT2D eigenvalue weighted by molar-refractivity contribution is 5.92. The molecule has 2 heterocycles. The first-order valence-electron chi connectivity index (χ1n) is 11.1. The molecule has 0 radical (unpaired) electrons. The monoisotopic (exact) mass is 494 g/mol. The van der Waals surface area contributed by atoms with Gasteiger partial charge in [-0.15, -0.1) is 0 Å². The van der Waals surface area contributed by atoms with Crippen LogP contribution < -0.4 is 20.5 Å². The van der Waals surface area contributed by atoms with E-state index in [0.29, 0.717) is 59.9 Å². The van der Waals surface area contributed by atoms with Gasteiger partial charge in [0.15, 0.2) is 11.5 Å². The predicted octanol–water partition coefficient (Wildman–Crippen LogP) is 5.28. The summed E-state index contributed by atoms with van der Waals surface area (Å²) in [6.45, 7) is 4.95. The molecule has 11 heteroatoms. The second-order valence-electron chi connectivity index (χ2n) is 8.52. The molecular formula is C24H26F4N4O3. The van der Waals surface area contributed by atoms with Crippen LogP contribution in [-0.2, 0) is 10.9 Å². The number of aromatic nitrogens is 2. The maximum atomic E-state index is 14.8. The number of nitrogens with zero attached hydrogens (tertiary/aromatic N) is 2. The van der Waals surface area contributed by atoms with Crippen molar-refractivity contribution in [1.82, 2.24) is 9.97 Å². The minimum atomic E-state index is -4.88. The molecule has 1 aliphatic rings. The quantitative estimate of drug-likeness (QED) is 0.341. The van der Waals surface area contributed by atoms with Gasteiger partial charge in [-0.3, -0.25) is 0 Å². The van der Waals surface area contributed by atoms with Crippen LogP contribution in [-0.4, -0.2) is 36.9 Å². The van der Waals surface area contributed by atoms with Crippen molar-refractivity contribution in [2.75, 3.05) is 38.0 Å². The maximum Gasteiger partial charge on any atom is 0.419 e. The number of fused-ring (bicyclic) bond motifs is 1. The number of anilines is 2. The molecule has 3 aromatic rings.